The standard InChI is InChI=1S/C17H14N2O6/c1-24-14-7-12(8-15(10-14)25-2)17(20)6-4-11-3-5-13(18-21)9-16(11)19(22)23/h3-10H,1-2H3/b6-4+. The van der Waals surface area contributed by atoms with Crippen LogP contribution in [0.15, 0.2) is 47.7 Å². The van der Waals surface area contributed by atoms with Crippen molar-refractivity contribution in [2.24, 2.45) is 5.18 Å². The predicted molar refractivity (Wildman–Crippen MR) is 91.5 cm³/mol. The smallest absolute Gasteiger partial charge is 0.278 e. The summed E-state index contributed by atoms with van der Waals surface area (Å²) in [6.45, 7) is 0. The molecule has 0 spiro atoms. The fourth-order valence-corrected chi connectivity index (χ4v) is 2.10. The number of hydrogen-bond donors (Lipinski definition) is 0. The molecule has 0 heterocycles. The number of allylic oxidation sites excluding steroid dienone is 1. The average Bonchev–Trinajstić information content (AvgIpc) is 2.65. The molecular formula is C17H14N2O6. The minimum atomic E-state index is -0.645. The molecule has 0 amide bonds. The minimum Gasteiger partial charge on any atom is -0.497 e. The van der Waals surface area contributed by atoms with Gasteiger partial charge in [-0.3, -0.25) is 14.9 Å². The molecule has 0 fully saturated rings. The Balaban J connectivity index is 2.35. The van der Waals surface area contributed by atoms with Gasteiger partial charge in [-0.15, -0.1) is 4.91 Å². The lowest BCUT2D eigenvalue weighted by Gasteiger charge is -2.06. The summed E-state index contributed by atoms with van der Waals surface area (Å²) >= 11 is 0. The van der Waals surface area contributed by atoms with Crippen LogP contribution in [0, 0.1) is 15.0 Å². The maximum absolute atomic E-state index is 12.3. The van der Waals surface area contributed by atoms with Crippen molar-refractivity contribution >= 4 is 23.2 Å². The molecule has 0 atom stereocenters. The molecule has 0 aliphatic carbocycles. The van der Waals surface area contributed by atoms with Gasteiger partial charge in [-0.25, -0.2) is 0 Å². The molecule has 128 valence electrons. The zero-order valence-electron chi connectivity index (χ0n) is 13.5. The Labute approximate surface area is 142 Å². The van der Waals surface area contributed by atoms with Gasteiger partial charge in [0.25, 0.3) is 5.69 Å². The number of benzene rings is 2. The third-order valence-corrected chi connectivity index (χ3v) is 3.37. The van der Waals surface area contributed by atoms with Crippen LogP contribution < -0.4 is 9.47 Å². The van der Waals surface area contributed by atoms with Gasteiger partial charge in [-0.05, 0) is 41.6 Å². The topological polar surface area (TPSA) is 108 Å². The molecule has 0 aliphatic heterocycles. The highest BCUT2D eigenvalue weighted by atomic mass is 16.6. The average molecular weight is 342 g/mol. The molecule has 2 aromatic carbocycles. The summed E-state index contributed by atoms with van der Waals surface area (Å²) in [5, 5.41) is 13.7. The zero-order valence-corrected chi connectivity index (χ0v) is 13.5. The zero-order chi connectivity index (χ0) is 18.4. The Morgan fingerprint density at radius 1 is 1.12 bits per heavy atom. The number of rotatable bonds is 7. The van der Waals surface area contributed by atoms with Gasteiger partial charge in [0.1, 0.15) is 17.2 Å². The van der Waals surface area contributed by atoms with Crippen molar-refractivity contribution in [3.05, 3.63) is 68.6 Å². The molecule has 0 unspecified atom stereocenters. The number of methoxy groups -OCH3 is 2. The van der Waals surface area contributed by atoms with Crippen molar-refractivity contribution < 1.29 is 19.2 Å². The van der Waals surface area contributed by atoms with Crippen LogP contribution in [0.2, 0.25) is 0 Å². The lowest BCUT2D eigenvalue weighted by atomic mass is 10.1. The predicted octanol–water partition coefficient (Wildman–Crippen LogP) is 3.91. The Kier molecular flexibility index (Phi) is 5.57. The van der Waals surface area contributed by atoms with E-state index >= 15 is 0 Å². The van der Waals surface area contributed by atoms with Crippen LogP contribution in [0.25, 0.3) is 6.08 Å². The molecule has 0 N–H and O–H groups in total. The highest BCUT2D eigenvalue weighted by Gasteiger charge is 2.14. The van der Waals surface area contributed by atoms with Gasteiger partial charge >= 0.3 is 0 Å². The van der Waals surface area contributed by atoms with E-state index in [9.17, 15) is 19.8 Å². The van der Waals surface area contributed by atoms with Gasteiger partial charge in [0.05, 0.1) is 24.7 Å². The van der Waals surface area contributed by atoms with Gasteiger partial charge < -0.3 is 9.47 Å². The number of nitroso groups, excluding NO2 is 1. The monoisotopic (exact) mass is 342 g/mol. The molecule has 0 radical (unpaired) electrons. The molecule has 0 aromatic heterocycles. The molecule has 0 saturated carbocycles. The molecule has 0 saturated heterocycles. The third-order valence-electron chi connectivity index (χ3n) is 3.37. The second-order valence-electron chi connectivity index (χ2n) is 4.89. The van der Waals surface area contributed by atoms with E-state index in [1.54, 1.807) is 6.07 Å². The van der Waals surface area contributed by atoms with E-state index in [0.29, 0.717) is 17.1 Å². The maximum Gasteiger partial charge on any atom is 0.278 e. The second kappa shape index (κ2) is 7.82. The largest absolute Gasteiger partial charge is 0.497 e. The second-order valence-corrected chi connectivity index (χ2v) is 4.89. The summed E-state index contributed by atoms with van der Waals surface area (Å²) < 4.78 is 10.2. The lowest BCUT2D eigenvalue weighted by Crippen LogP contribution is -1.97. The van der Waals surface area contributed by atoms with Gasteiger partial charge in [0, 0.05) is 17.7 Å². The summed E-state index contributed by atoms with van der Waals surface area (Å²) in [6.07, 6.45) is 2.51. The number of nitrogens with zero attached hydrogens (tertiary/aromatic N) is 2. The van der Waals surface area contributed by atoms with Crippen LogP contribution in [-0.2, 0) is 0 Å². The van der Waals surface area contributed by atoms with Crippen molar-refractivity contribution in [2.75, 3.05) is 14.2 Å². The summed E-state index contributed by atoms with van der Waals surface area (Å²) in [6, 6.07) is 8.41. The molecule has 2 rings (SSSR count). The number of nitro groups is 1. The molecule has 2 aromatic rings. The Hall–Kier alpha value is -3.55. The fourth-order valence-electron chi connectivity index (χ4n) is 2.10. The molecule has 0 bridgehead atoms. The van der Waals surface area contributed by atoms with E-state index < -0.39 is 4.92 Å². The van der Waals surface area contributed by atoms with Gasteiger partial charge in [0.2, 0.25) is 0 Å². The number of carbonyl (C=O) groups excluding carboxylic acids is 1. The van der Waals surface area contributed by atoms with Crippen LogP contribution in [0.4, 0.5) is 11.4 Å². The Morgan fingerprint density at radius 3 is 2.28 bits per heavy atom. The van der Waals surface area contributed by atoms with Crippen molar-refractivity contribution in [1.82, 2.24) is 0 Å². The molecule has 8 heteroatoms. The summed E-state index contributed by atoms with van der Waals surface area (Å²) in [7, 11) is 2.93. The number of ether oxygens (including phenoxy) is 2. The number of nitro benzene ring substituents is 1. The quantitative estimate of drug-likeness (QED) is 0.248. The molecule has 25 heavy (non-hydrogen) atoms. The first kappa shape index (κ1) is 17.8. The van der Waals surface area contributed by atoms with E-state index in [0.717, 1.165) is 6.07 Å². The molecular weight excluding hydrogens is 328 g/mol. The van der Waals surface area contributed by atoms with Crippen LogP contribution in [0.3, 0.4) is 0 Å². The van der Waals surface area contributed by atoms with Crippen molar-refractivity contribution in [1.29, 1.82) is 0 Å². The lowest BCUT2D eigenvalue weighted by molar-refractivity contribution is -0.385. The number of hydrogen-bond acceptors (Lipinski definition) is 7. The molecule has 8 nitrogen and oxygen atoms in total. The van der Waals surface area contributed by atoms with E-state index in [1.165, 1.54) is 50.6 Å². The van der Waals surface area contributed by atoms with Crippen LogP contribution in [0.1, 0.15) is 15.9 Å². The van der Waals surface area contributed by atoms with Gasteiger partial charge in [0.15, 0.2) is 5.78 Å². The summed E-state index contributed by atoms with van der Waals surface area (Å²) in [4.78, 5) is 33.3. The van der Waals surface area contributed by atoms with Crippen molar-refractivity contribution in [3.63, 3.8) is 0 Å². The summed E-state index contributed by atoms with van der Waals surface area (Å²) in [5.74, 6) is 0.510. The Bertz CT molecular complexity index is 838. The highest BCUT2D eigenvalue weighted by molar-refractivity contribution is 6.07. The van der Waals surface area contributed by atoms with E-state index in [-0.39, 0.29) is 22.7 Å². The first-order valence-electron chi connectivity index (χ1n) is 7.05. The number of ketones is 1. The normalized spacial score (nSPS) is 10.5. The fraction of sp³-hybridized carbons (Fsp3) is 0.118. The van der Waals surface area contributed by atoms with Gasteiger partial charge in [-0.1, -0.05) is 0 Å². The number of carbonyl (C=O) groups is 1. The third kappa shape index (κ3) is 4.25. The van der Waals surface area contributed by atoms with Crippen molar-refractivity contribution in [2.45, 2.75) is 0 Å². The molecule has 0 aliphatic rings. The van der Waals surface area contributed by atoms with Crippen LogP contribution in [0.5, 0.6) is 11.5 Å². The van der Waals surface area contributed by atoms with Crippen LogP contribution in [-0.4, -0.2) is 24.9 Å². The first-order chi connectivity index (χ1) is 12.0. The Morgan fingerprint density at radius 2 is 1.76 bits per heavy atom. The van der Waals surface area contributed by atoms with E-state index in [1.807, 2.05) is 0 Å². The summed E-state index contributed by atoms with van der Waals surface area (Å²) in [5.41, 5.74) is 0.110. The van der Waals surface area contributed by atoms with E-state index in [2.05, 4.69) is 5.18 Å². The van der Waals surface area contributed by atoms with Gasteiger partial charge in [-0.2, -0.15) is 0 Å². The van der Waals surface area contributed by atoms with Crippen LogP contribution >= 0.6 is 0 Å². The minimum absolute atomic E-state index is 0.0623. The highest BCUT2D eigenvalue weighted by Crippen LogP contribution is 2.27. The van der Waals surface area contributed by atoms with Crippen molar-refractivity contribution in [3.8, 4) is 11.5 Å². The SMILES string of the molecule is COc1cc(OC)cc(C(=O)/C=C/c2ccc(N=O)cc2[N+](=O)[O-])c1. The van der Waals surface area contributed by atoms with E-state index in [4.69, 9.17) is 9.47 Å². The maximum atomic E-state index is 12.3. The first-order valence-corrected chi connectivity index (χ1v) is 7.05.